The van der Waals surface area contributed by atoms with E-state index >= 15 is 0 Å². The molecule has 0 radical (unpaired) electrons. The summed E-state index contributed by atoms with van der Waals surface area (Å²) < 4.78 is 24.1. The molecule has 2 N–H and O–H groups in total. The molecule has 1 rings (SSSR count). The Morgan fingerprint density at radius 3 is 2.50 bits per heavy atom. The third kappa shape index (κ3) is 9.35. The smallest absolute Gasteiger partial charge is 0.191 e. The van der Waals surface area contributed by atoms with E-state index in [1.54, 1.807) is 12.1 Å². The van der Waals surface area contributed by atoms with Gasteiger partial charge in [-0.05, 0) is 58.4 Å². The molecule has 0 saturated carbocycles. The van der Waals surface area contributed by atoms with E-state index in [1.807, 2.05) is 27.7 Å². The largest absolute Gasteiger partial charge is 0.489 e. The predicted octanol–water partition coefficient (Wildman–Crippen LogP) is 2.96. The number of hydrogen-bond donors (Lipinski definition) is 2. The van der Waals surface area contributed by atoms with Crippen molar-refractivity contribution < 1.29 is 13.9 Å². The molecule has 0 amide bonds. The fourth-order valence-corrected chi connectivity index (χ4v) is 1.94. The number of ether oxygens (including phenoxy) is 2. The van der Waals surface area contributed by atoms with Crippen molar-refractivity contribution >= 4 is 5.96 Å². The van der Waals surface area contributed by atoms with Crippen LogP contribution in [0.4, 0.5) is 4.39 Å². The molecule has 6 heteroatoms. The number of guanidine groups is 1. The van der Waals surface area contributed by atoms with Crippen LogP contribution in [0.3, 0.4) is 0 Å². The first kappa shape index (κ1) is 20.2. The van der Waals surface area contributed by atoms with Crippen molar-refractivity contribution in [1.29, 1.82) is 0 Å². The van der Waals surface area contributed by atoms with Crippen molar-refractivity contribution in [2.75, 3.05) is 26.2 Å². The van der Waals surface area contributed by atoms with E-state index in [1.165, 1.54) is 12.1 Å². The first-order valence-electron chi connectivity index (χ1n) is 8.57. The molecule has 0 spiro atoms. The van der Waals surface area contributed by atoms with E-state index in [0.29, 0.717) is 12.3 Å². The fourth-order valence-electron chi connectivity index (χ4n) is 1.94. The van der Waals surface area contributed by atoms with Gasteiger partial charge in [-0.1, -0.05) is 0 Å². The van der Waals surface area contributed by atoms with Crippen LogP contribution in [0, 0.1) is 5.82 Å². The van der Waals surface area contributed by atoms with Gasteiger partial charge in [0.15, 0.2) is 5.96 Å². The summed E-state index contributed by atoms with van der Waals surface area (Å²) in [5, 5.41) is 6.48. The van der Waals surface area contributed by atoms with Crippen LogP contribution in [0.1, 0.15) is 34.1 Å². The number of rotatable bonds is 10. The Morgan fingerprint density at radius 1 is 1.17 bits per heavy atom. The van der Waals surface area contributed by atoms with Gasteiger partial charge in [0.05, 0.1) is 12.6 Å². The van der Waals surface area contributed by atoms with Crippen LogP contribution < -0.4 is 15.4 Å². The van der Waals surface area contributed by atoms with Crippen LogP contribution >= 0.6 is 0 Å². The summed E-state index contributed by atoms with van der Waals surface area (Å²) in [6, 6.07) is 6.01. The zero-order valence-corrected chi connectivity index (χ0v) is 15.1. The van der Waals surface area contributed by atoms with Gasteiger partial charge in [-0.2, -0.15) is 0 Å². The highest BCUT2D eigenvalue weighted by Crippen LogP contribution is 2.12. The maximum absolute atomic E-state index is 12.9. The molecular weight excluding hydrogens is 309 g/mol. The maximum Gasteiger partial charge on any atom is 0.191 e. The number of halogens is 1. The normalized spacial score (nSPS) is 13.0. The number of hydrogen-bond acceptors (Lipinski definition) is 3. The summed E-state index contributed by atoms with van der Waals surface area (Å²) in [7, 11) is 0. The van der Waals surface area contributed by atoms with Gasteiger partial charge in [-0.3, -0.25) is 0 Å². The lowest BCUT2D eigenvalue weighted by Crippen LogP contribution is -2.38. The first-order valence-corrected chi connectivity index (χ1v) is 8.57. The second-order valence-electron chi connectivity index (χ2n) is 5.80. The average molecular weight is 339 g/mol. The van der Waals surface area contributed by atoms with Crippen molar-refractivity contribution in [3.05, 3.63) is 30.1 Å². The number of benzene rings is 1. The lowest BCUT2D eigenvalue weighted by molar-refractivity contribution is 0.0776. The second kappa shape index (κ2) is 11.7. The minimum atomic E-state index is -0.270. The van der Waals surface area contributed by atoms with Crippen LogP contribution in [0.15, 0.2) is 29.3 Å². The summed E-state index contributed by atoms with van der Waals surface area (Å²) in [5.74, 6) is 1.13. The molecule has 1 aromatic rings. The summed E-state index contributed by atoms with van der Waals surface area (Å²) in [6.45, 7) is 10.9. The quantitative estimate of drug-likeness (QED) is 0.391. The standard InChI is InChI=1S/C18H30FN3O2/c1-5-20-18(21-11-6-12-23-14(2)3)22-13-15(4)24-17-9-7-16(19)8-10-17/h7-10,14-15H,5-6,11-13H2,1-4H3,(H2,20,21,22). The molecule has 0 aliphatic carbocycles. The zero-order chi connectivity index (χ0) is 17.8. The number of nitrogens with one attached hydrogen (secondary N) is 2. The third-order valence-corrected chi connectivity index (χ3v) is 3.07. The van der Waals surface area contributed by atoms with Gasteiger partial charge >= 0.3 is 0 Å². The van der Waals surface area contributed by atoms with Gasteiger partial charge in [0.1, 0.15) is 17.7 Å². The maximum atomic E-state index is 12.9. The van der Waals surface area contributed by atoms with Gasteiger partial charge in [-0.15, -0.1) is 0 Å². The third-order valence-electron chi connectivity index (χ3n) is 3.07. The Balaban J connectivity index is 2.36. The van der Waals surface area contributed by atoms with Gasteiger partial charge < -0.3 is 20.1 Å². The molecule has 24 heavy (non-hydrogen) atoms. The molecule has 1 aromatic carbocycles. The lowest BCUT2D eigenvalue weighted by atomic mass is 10.3. The average Bonchev–Trinajstić information content (AvgIpc) is 2.54. The highest BCUT2D eigenvalue weighted by molar-refractivity contribution is 5.79. The van der Waals surface area contributed by atoms with E-state index in [4.69, 9.17) is 9.47 Å². The SMILES string of the molecule is CCNC(=NCC(C)Oc1ccc(F)cc1)NCCCOC(C)C. The minimum absolute atomic E-state index is 0.102. The monoisotopic (exact) mass is 339 g/mol. The molecule has 0 bridgehead atoms. The summed E-state index contributed by atoms with van der Waals surface area (Å²) in [5.41, 5.74) is 0. The first-order chi connectivity index (χ1) is 11.5. The molecule has 1 unspecified atom stereocenters. The van der Waals surface area contributed by atoms with Crippen molar-refractivity contribution in [2.45, 2.75) is 46.3 Å². The summed E-state index contributed by atoms with van der Waals surface area (Å²) in [6.07, 6.45) is 1.08. The molecule has 0 aromatic heterocycles. The van der Waals surface area contributed by atoms with Crippen molar-refractivity contribution in [2.24, 2.45) is 4.99 Å². The molecule has 1 atom stereocenters. The van der Waals surface area contributed by atoms with Gasteiger partial charge in [0, 0.05) is 19.7 Å². The van der Waals surface area contributed by atoms with E-state index in [2.05, 4.69) is 15.6 Å². The predicted molar refractivity (Wildman–Crippen MR) is 96.2 cm³/mol. The van der Waals surface area contributed by atoms with Gasteiger partial charge in [-0.25, -0.2) is 9.38 Å². The molecule has 0 aliphatic rings. The Bertz CT molecular complexity index is 478. The number of nitrogens with zero attached hydrogens (tertiary/aromatic N) is 1. The number of aliphatic imine (C=N–C) groups is 1. The minimum Gasteiger partial charge on any atom is -0.489 e. The van der Waals surface area contributed by atoms with Gasteiger partial charge in [0.2, 0.25) is 0 Å². The highest BCUT2D eigenvalue weighted by atomic mass is 19.1. The Morgan fingerprint density at radius 2 is 1.88 bits per heavy atom. The zero-order valence-electron chi connectivity index (χ0n) is 15.1. The fraction of sp³-hybridized carbons (Fsp3) is 0.611. The highest BCUT2D eigenvalue weighted by Gasteiger charge is 2.05. The van der Waals surface area contributed by atoms with Crippen LogP contribution in [0.5, 0.6) is 5.75 Å². The Hall–Kier alpha value is -1.82. The van der Waals surface area contributed by atoms with E-state index in [0.717, 1.165) is 32.1 Å². The van der Waals surface area contributed by atoms with Crippen LogP contribution in [-0.2, 0) is 4.74 Å². The van der Waals surface area contributed by atoms with Crippen LogP contribution in [-0.4, -0.2) is 44.4 Å². The van der Waals surface area contributed by atoms with E-state index < -0.39 is 0 Å². The molecule has 0 aliphatic heterocycles. The Labute approximate surface area is 144 Å². The van der Waals surface area contributed by atoms with Gasteiger partial charge in [0.25, 0.3) is 0 Å². The van der Waals surface area contributed by atoms with Crippen molar-refractivity contribution in [3.8, 4) is 5.75 Å². The summed E-state index contributed by atoms with van der Waals surface area (Å²) in [4.78, 5) is 4.51. The van der Waals surface area contributed by atoms with Crippen LogP contribution in [0.2, 0.25) is 0 Å². The molecule has 0 saturated heterocycles. The van der Waals surface area contributed by atoms with E-state index in [9.17, 15) is 4.39 Å². The second-order valence-corrected chi connectivity index (χ2v) is 5.80. The van der Waals surface area contributed by atoms with Crippen molar-refractivity contribution in [3.63, 3.8) is 0 Å². The molecule has 136 valence electrons. The lowest BCUT2D eigenvalue weighted by Gasteiger charge is -2.15. The summed E-state index contributed by atoms with van der Waals surface area (Å²) >= 11 is 0. The van der Waals surface area contributed by atoms with E-state index in [-0.39, 0.29) is 18.0 Å². The molecule has 0 heterocycles. The molecular formula is C18H30FN3O2. The molecule has 5 nitrogen and oxygen atoms in total. The molecule has 0 fully saturated rings. The van der Waals surface area contributed by atoms with Crippen molar-refractivity contribution in [1.82, 2.24) is 10.6 Å². The topological polar surface area (TPSA) is 54.9 Å². The van der Waals surface area contributed by atoms with Crippen LogP contribution in [0.25, 0.3) is 0 Å². The Kier molecular flexibility index (Phi) is 9.84.